The molecule has 0 heterocycles. The molecule has 0 radical (unpaired) electrons. The Hall–Kier alpha value is -1.30. The van der Waals surface area contributed by atoms with Crippen LogP contribution in [0.15, 0.2) is 35.4 Å². The van der Waals surface area contributed by atoms with Gasteiger partial charge in [0.1, 0.15) is 0 Å². The summed E-state index contributed by atoms with van der Waals surface area (Å²) in [5, 5.41) is 0. The molecule has 4 aliphatic rings. The van der Waals surface area contributed by atoms with Crippen molar-refractivity contribution in [3.8, 4) is 0 Å². The van der Waals surface area contributed by atoms with Crippen LogP contribution >= 0.6 is 0 Å². The quantitative estimate of drug-likeness (QED) is 0.587. The molecule has 90 valence electrons. The highest BCUT2D eigenvalue weighted by Gasteiger charge is 2.43. The zero-order chi connectivity index (χ0) is 11.7. The molecule has 0 spiro atoms. The Morgan fingerprint density at radius 2 is 1.78 bits per heavy atom. The highest BCUT2D eigenvalue weighted by atomic mass is 14.5. The summed E-state index contributed by atoms with van der Waals surface area (Å²) < 4.78 is 0. The summed E-state index contributed by atoms with van der Waals surface area (Å²) in [6.45, 7) is 0. The van der Waals surface area contributed by atoms with E-state index in [4.69, 9.17) is 0 Å². The summed E-state index contributed by atoms with van der Waals surface area (Å²) in [6, 6.07) is 7.01. The number of hydrogen-bond donors (Lipinski definition) is 0. The first-order valence-corrected chi connectivity index (χ1v) is 7.43. The topological polar surface area (TPSA) is 0 Å². The molecule has 2 bridgehead atoms. The normalized spacial score (nSPS) is 31.2. The van der Waals surface area contributed by atoms with Crippen LogP contribution in [0.1, 0.15) is 42.4 Å². The Balaban J connectivity index is 1.84. The third-order valence-corrected chi connectivity index (χ3v) is 5.45. The van der Waals surface area contributed by atoms with E-state index in [0.29, 0.717) is 0 Å². The zero-order valence-corrected chi connectivity index (χ0v) is 10.7. The highest BCUT2D eigenvalue weighted by Crippen LogP contribution is 2.56. The van der Waals surface area contributed by atoms with E-state index in [1.165, 1.54) is 38.5 Å². The molecule has 0 N–H and O–H groups in total. The SMILES string of the molecule is C1=C2CCc3cccc4c3C(=C(CC4)C3CC13)C2. The predicted octanol–water partition coefficient (Wildman–Crippen LogP) is 4.30. The summed E-state index contributed by atoms with van der Waals surface area (Å²) in [6.07, 6.45) is 10.6. The van der Waals surface area contributed by atoms with Gasteiger partial charge in [-0.2, -0.15) is 0 Å². The van der Waals surface area contributed by atoms with Crippen molar-refractivity contribution >= 4 is 5.57 Å². The average Bonchev–Trinajstić information content (AvgIpc) is 3.16. The number of fused-ring (bicyclic) bond motifs is 3. The first kappa shape index (κ1) is 9.61. The lowest BCUT2D eigenvalue weighted by atomic mass is 9.80. The maximum absolute atomic E-state index is 2.63. The fourth-order valence-corrected chi connectivity index (χ4v) is 4.50. The van der Waals surface area contributed by atoms with Crippen molar-refractivity contribution in [3.63, 3.8) is 0 Å². The minimum atomic E-state index is 0.916. The van der Waals surface area contributed by atoms with Gasteiger partial charge in [-0.15, -0.1) is 0 Å². The molecule has 0 nitrogen and oxygen atoms in total. The molecule has 0 amide bonds. The molecule has 4 aliphatic carbocycles. The number of aryl methyl sites for hydroxylation is 2. The van der Waals surface area contributed by atoms with Crippen molar-refractivity contribution in [2.75, 3.05) is 0 Å². The second kappa shape index (κ2) is 3.17. The number of rotatable bonds is 0. The highest BCUT2D eigenvalue weighted by molar-refractivity contribution is 5.79. The third-order valence-electron chi connectivity index (χ3n) is 5.45. The number of allylic oxidation sites excluding steroid dienone is 4. The van der Waals surface area contributed by atoms with Crippen LogP contribution in [0.25, 0.3) is 5.57 Å². The van der Waals surface area contributed by atoms with Crippen molar-refractivity contribution in [1.29, 1.82) is 0 Å². The third kappa shape index (κ3) is 1.16. The van der Waals surface area contributed by atoms with Gasteiger partial charge in [0.05, 0.1) is 0 Å². The molecule has 18 heavy (non-hydrogen) atoms. The van der Waals surface area contributed by atoms with Crippen molar-refractivity contribution in [2.24, 2.45) is 11.8 Å². The molecular weight excluding hydrogens is 216 g/mol. The molecular formula is C18H18. The average molecular weight is 234 g/mol. The first-order chi connectivity index (χ1) is 8.90. The van der Waals surface area contributed by atoms with E-state index in [9.17, 15) is 0 Å². The van der Waals surface area contributed by atoms with Gasteiger partial charge in [-0.3, -0.25) is 0 Å². The van der Waals surface area contributed by atoms with Gasteiger partial charge in [-0.05, 0) is 72.6 Å². The van der Waals surface area contributed by atoms with Crippen LogP contribution in [0.4, 0.5) is 0 Å². The van der Waals surface area contributed by atoms with Crippen molar-refractivity contribution in [3.05, 3.63) is 52.1 Å². The van der Waals surface area contributed by atoms with Crippen LogP contribution in [0, 0.1) is 11.8 Å². The van der Waals surface area contributed by atoms with Gasteiger partial charge in [0.15, 0.2) is 0 Å². The summed E-state index contributed by atoms with van der Waals surface area (Å²) in [5.74, 6) is 1.84. The minimum absolute atomic E-state index is 0.916. The minimum Gasteiger partial charge on any atom is -0.0812 e. The van der Waals surface area contributed by atoms with E-state index in [1.54, 1.807) is 27.8 Å². The van der Waals surface area contributed by atoms with Gasteiger partial charge in [0.25, 0.3) is 0 Å². The Morgan fingerprint density at radius 3 is 2.67 bits per heavy atom. The van der Waals surface area contributed by atoms with E-state index in [0.717, 1.165) is 11.8 Å². The molecule has 1 aromatic carbocycles. The van der Waals surface area contributed by atoms with Crippen LogP contribution in [-0.4, -0.2) is 0 Å². The molecule has 2 unspecified atom stereocenters. The monoisotopic (exact) mass is 234 g/mol. The molecule has 0 saturated heterocycles. The summed E-state index contributed by atoms with van der Waals surface area (Å²) in [7, 11) is 0. The molecule has 0 aliphatic heterocycles. The fraction of sp³-hybridized carbons (Fsp3) is 0.444. The lowest BCUT2D eigenvalue weighted by molar-refractivity contribution is 0.798. The molecule has 1 aromatic rings. The second-order valence-electron chi connectivity index (χ2n) is 6.46. The molecule has 1 saturated carbocycles. The van der Waals surface area contributed by atoms with Gasteiger partial charge < -0.3 is 0 Å². The standard InChI is InChI=1S/C18H18/c1-2-12-5-4-11-8-14-10-16(14)15-7-6-13(3-1)18(12)17(15)9-11/h1-3,8,14,16H,4-7,9-10H2. The molecule has 1 fully saturated rings. The van der Waals surface area contributed by atoms with Gasteiger partial charge in [0.2, 0.25) is 0 Å². The summed E-state index contributed by atoms with van der Waals surface area (Å²) in [4.78, 5) is 0. The maximum atomic E-state index is 2.63. The van der Waals surface area contributed by atoms with Crippen LogP contribution in [0.5, 0.6) is 0 Å². The van der Waals surface area contributed by atoms with Crippen LogP contribution < -0.4 is 0 Å². The van der Waals surface area contributed by atoms with Crippen molar-refractivity contribution in [1.82, 2.24) is 0 Å². The zero-order valence-electron chi connectivity index (χ0n) is 10.7. The van der Waals surface area contributed by atoms with Gasteiger partial charge in [-0.1, -0.05) is 35.4 Å². The van der Waals surface area contributed by atoms with Gasteiger partial charge >= 0.3 is 0 Å². The smallest absolute Gasteiger partial charge is 0.00611 e. The van der Waals surface area contributed by atoms with E-state index in [-0.39, 0.29) is 0 Å². The van der Waals surface area contributed by atoms with Crippen molar-refractivity contribution in [2.45, 2.75) is 38.5 Å². The molecule has 2 atom stereocenters. The number of hydrogen-bond acceptors (Lipinski definition) is 0. The fourth-order valence-electron chi connectivity index (χ4n) is 4.50. The summed E-state index contributed by atoms with van der Waals surface area (Å²) in [5.41, 5.74) is 10.3. The lowest BCUT2D eigenvalue weighted by Crippen LogP contribution is -2.08. The van der Waals surface area contributed by atoms with E-state index in [1.807, 2.05) is 5.57 Å². The first-order valence-electron chi connectivity index (χ1n) is 7.43. The Morgan fingerprint density at radius 1 is 0.944 bits per heavy atom. The van der Waals surface area contributed by atoms with Crippen molar-refractivity contribution < 1.29 is 0 Å². The van der Waals surface area contributed by atoms with E-state index in [2.05, 4.69) is 24.3 Å². The molecule has 5 rings (SSSR count). The molecule has 0 aromatic heterocycles. The van der Waals surface area contributed by atoms with E-state index >= 15 is 0 Å². The summed E-state index contributed by atoms with van der Waals surface area (Å²) >= 11 is 0. The Kier molecular flexibility index (Phi) is 1.69. The van der Waals surface area contributed by atoms with Crippen LogP contribution in [0.2, 0.25) is 0 Å². The lowest BCUT2D eigenvalue weighted by Gasteiger charge is -2.24. The Bertz CT molecular complexity index is 615. The molecule has 0 heteroatoms. The number of benzene rings is 1. The maximum Gasteiger partial charge on any atom is -0.00611 e. The van der Waals surface area contributed by atoms with E-state index < -0.39 is 0 Å². The van der Waals surface area contributed by atoms with Crippen LogP contribution in [-0.2, 0) is 12.8 Å². The largest absolute Gasteiger partial charge is 0.0812 e. The van der Waals surface area contributed by atoms with Gasteiger partial charge in [0, 0.05) is 0 Å². The van der Waals surface area contributed by atoms with Crippen LogP contribution in [0.3, 0.4) is 0 Å². The second-order valence-corrected chi connectivity index (χ2v) is 6.46. The predicted molar refractivity (Wildman–Crippen MR) is 74.3 cm³/mol. The Labute approximate surface area is 108 Å². The van der Waals surface area contributed by atoms with Gasteiger partial charge in [-0.25, -0.2) is 0 Å².